The number of aryl methyl sites for hydroxylation is 3. The van der Waals surface area contributed by atoms with Gasteiger partial charge in [-0.25, -0.2) is 19.9 Å². The Balaban J connectivity index is 0.000000133. The van der Waals surface area contributed by atoms with E-state index in [1.807, 2.05) is 156 Å². The summed E-state index contributed by atoms with van der Waals surface area (Å²) in [6, 6.07) is 138. The van der Waals surface area contributed by atoms with Crippen molar-refractivity contribution in [2.75, 3.05) is 0 Å². The molecule has 11 aromatic carbocycles. The maximum atomic E-state index is 5.81. The summed E-state index contributed by atoms with van der Waals surface area (Å²) in [4.78, 5) is 35.8. The molecule has 0 spiro atoms. The van der Waals surface area contributed by atoms with Crippen LogP contribution in [0.1, 0.15) is 11.1 Å². The minimum atomic E-state index is 0.253. The molecule has 0 N–H and O–H groups in total. The van der Waals surface area contributed by atoms with Crippen LogP contribution in [0.2, 0.25) is 0 Å². The molecule has 141 heavy (non-hydrogen) atoms. The second-order valence-electron chi connectivity index (χ2n) is 31.4. The third kappa shape index (κ3) is 25.2. The van der Waals surface area contributed by atoms with Crippen molar-refractivity contribution < 1.29 is 93.7 Å². The van der Waals surface area contributed by atoms with Gasteiger partial charge in [-0.1, -0.05) is 291 Å². The van der Waals surface area contributed by atoms with E-state index in [9.17, 15) is 0 Å². The van der Waals surface area contributed by atoms with Gasteiger partial charge in [0.15, 0.2) is 0 Å². The van der Waals surface area contributed by atoms with Crippen molar-refractivity contribution >= 4 is 81.8 Å². The van der Waals surface area contributed by atoms with Crippen LogP contribution in [0.3, 0.4) is 0 Å². The smallest absolute Gasteiger partial charge is 0.221 e. The molecule has 0 bridgehead atoms. The summed E-state index contributed by atoms with van der Waals surface area (Å²) in [5.74, 6) is 4.03. The van der Waals surface area contributed by atoms with Gasteiger partial charge < -0.3 is 42.7 Å². The van der Waals surface area contributed by atoms with Crippen molar-refractivity contribution in [2.24, 2.45) is 7.05 Å². The number of ether oxygens (including phenoxy) is 3. The number of rotatable bonds is 19. The molecular weight excluding hydrogens is 2580 g/mol. The van der Waals surface area contributed by atoms with E-state index in [0.717, 1.165) is 112 Å². The number of nitrogens with zero attached hydrogens (tertiary/aromatic N) is 11. The number of aromatic nitrogens is 11. The summed E-state index contributed by atoms with van der Waals surface area (Å²) < 4.78 is 28.8. The number of imidazole rings is 1. The topological polar surface area (TPSA) is 159 Å². The summed E-state index contributed by atoms with van der Waals surface area (Å²) in [5.41, 5.74) is 30.5. The Labute approximate surface area is 883 Å². The maximum Gasteiger partial charge on any atom is 0.221 e. The third-order valence-corrected chi connectivity index (χ3v) is 23.5. The van der Waals surface area contributed by atoms with Crippen molar-refractivity contribution in [1.82, 2.24) is 53.6 Å². The van der Waals surface area contributed by atoms with Gasteiger partial charge in [0.2, 0.25) is 29.5 Å². The molecule has 0 saturated heterocycles. The first-order chi connectivity index (χ1) is 69.6. The molecule has 23 rings (SSSR count). The summed E-state index contributed by atoms with van der Waals surface area (Å²) >= 11 is 7.93. The number of fused-ring (bicyclic) bond motifs is 4. The zero-order valence-corrected chi connectivity index (χ0v) is 88.2. The van der Waals surface area contributed by atoms with Gasteiger partial charge in [0.1, 0.15) is 5.06 Å². The number of pyridine rings is 7. The number of hydrogen-bond donors (Lipinski definition) is 0. The molecule has 12 aromatic heterocycles. The van der Waals surface area contributed by atoms with Gasteiger partial charge >= 0.3 is 113 Å². The summed E-state index contributed by atoms with van der Waals surface area (Å²) in [6.07, 6.45) is 19.0. The van der Waals surface area contributed by atoms with Gasteiger partial charge in [-0.05, 0) is 215 Å². The van der Waals surface area contributed by atoms with Gasteiger partial charge in [-0.3, -0.25) is 9.55 Å². The van der Waals surface area contributed by atoms with Crippen LogP contribution < -0.4 is 14.2 Å². The molecule has 0 amide bonds. The van der Waals surface area contributed by atoms with Crippen LogP contribution in [0.5, 0.6) is 34.4 Å². The first-order valence-corrected chi connectivity index (χ1v) is 56.0. The normalized spacial score (nSPS) is 10.5. The Morgan fingerprint density at radius 2 is 0.745 bits per heavy atom. The van der Waals surface area contributed by atoms with Crippen LogP contribution in [0.25, 0.3) is 167 Å². The van der Waals surface area contributed by atoms with Gasteiger partial charge in [0, 0.05) is 74.1 Å². The predicted octanol–water partition coefficient (Wildman–Crippen LogP) is 32.2. The number of halogens is 4. The zero-order valence-electron chi connectivity index (χ0n) is 75.3. The van der Waals surface area contributed by atoms with Crippen molar-refractivity contribution in [3.05, 3.63) is 473 Å². The summed E-state index contributed by atoms with van der Waals surface area (Å²) in [6.45, 7) is 4.34. The monoisotopic (exact) mass is 2660 g/mol. The van der Waals surface area contributed by atoms with E-state index in [2.05, 4.69) is 371 Å². The van der Waals surface area contributed by atoms with Gasteiger partial charge in [0.25, 0.3) is 0 Å². The van der Waals surface area contributed by atoms with E-state index in [-0.39, 0.29) is 5.95 Å². The number of thiophene rings is 1. The standard InChI is InChI=1S/C37H25N4.C28H21N2OS.C26H18N3O.C26H17N2O2.4ClH.4Pt/c1-40-35-14-8-6-12-32(35)39-37(40)41-34-13-7-5-11-30(34)31-20-19-29(24-36(31)41)33-23-28(21-22-38-33)27-17-15-26(16-18-27)25-9-3-2-4-10-25;1-19-14-23(21-8-4-3-5-9-21)15-20(2)28(19)22-11-13-29-25(16-22)24-17-27(32-18-24)31-26-10-6-7-12-30-26;1-2-6-20(7-3-1)21-9-11-22(12-10-21)23-13-16-27-25(18-23)29-17-14-24(19-29)30-26-8-4-5-15-28-26;1-2-6-19(7-3-1)20-9-11-21(12-10-20)22-13-15-27-24(16-22)23-17-26(29-18-23)30-25-8-4-5-14-28-25;;;;;;;;/h2-23H,1H3;3-16,18H,1-2H3;1-18H;1-16,18H;4*1H;;;;/q4*-1;;;;;4*+2/p-4. The minimum Gasteiger partial charge on any atom is -0.507 e. The molecule has 0 unspecified atom stereocenters. The van der Waals surface area contributed by atoms with Crippen LogP contribution in [0.15, 0.2) is 442 Å². The fourth-order valence-electron chi connectivity index (χ4n) is 16.2. The third-order valence-electron chi connectivity index (χ3n) is 22.7. The van der Waals surface area contributed by atoms with E-state index in [0.29, 0.717) is 28.5 Å². The summed E-state index contributed by atoms with van der Waals surface area (Å²) in [7, 11) is 20.5. The van der Waals surface area contributed by atoms with Gasteiger partial charge in [-0.2, -0.15) is 16.9 Å². The van der Waals surface area contributed by atoms with Crippen LogP contribution in [-0.4, -0.2) is 53.6 Å². The van der Waals surface area contributed by atoms with E-state index in [1.165, 1.54) is 77.9 Å². The van der Waals surface area contributed by atoms with Crippen LogP contribution in [-0.2, 0) is 82.1 Å². The fourth-order valence-corrected chi connectivity index (χ4v) is 16.9. The van der Waals surface area contributed by atoms with Crippen molar-refractivity contribution in [3.8, 4) is 169 Å². The second kappa shape index (κ2) is 50.4. The molecule has 0 radical (unpaired) electrons. The van der Waals surface area contributed by atoms with Crippen molar-refractivity contribution in [2.45, 2.75) is 13.8 Å². The van der Waals surface area contributed by atoms with Gasteiger partial charge in [-0.15, -0.1) is 53.0 Å². The first kappa shape index (κ1) is 100. The molecule has 15 nitrogen and oxygen atoms in total. The maximum absolute atomic E-state index is 5.81. The Kier molecular flexibility index (Phi) is 35.9. The molecule has 0 aliphatic heterocycles. The van der Waals surface area contributed by atoms with Crippen LogP contribution in [0.4, 0.5) is 0 Å². The SMILES string of the molecule is Cc1cc(-c2ccccc2)cc(C)c1-c1ccnc(-c2[c-]c(Oc3ccccn3)sc2)c1.Cn1c(-n2c3[c-]c(-c4cc(-c5ccc(-c6ccccc6)cc5)ccn4)ccc3c3ccccc32)nc2ccccc21.[Cl][Pt+].[Cl][Pt+].[Cl][Pt+].[Cl][Pt+].[c-]1c(-c2cc(-c3ccc(-c4ccccc4)cc3)ccn2)coc1Oc1ccccn1.[c-]1c(Oc2ccccn2)ccn1-c1cc(-c2ccc(-c3ccccc3)cc2)ccn1. The fraction of sp³-hybridized carbons (Fsp3) is 0.0256. The Hall–Kier alpha value is -13.7. The van der Waals surface area contributed by atoms with Crippen molar-refractivity contribution in [1.29, 1.82) is 0 Å². The average molecular weight is 2660 g/mol. The number of para-hydroxylation sites is 3. The Bertz CT molecular complexity index is 7740. The second-order valence-corrected chi connectivity index (χ2v) is 32.3. The average Bonchev–Trinajstić information content (AvgIpc) is 1.57. The van der Waals surface area contributed by atoms with Crippen molar-refractivity contribution in [3.63, 3.8) is 0 Å². The molecule has 23 aromatic rings. The minimum absolute atomic E-state index is 0.253. The zero-order chi connectivity index (χ0) is 97.6. The van der Waals surface area contributed by atoms with E-state index in [4.69, 9.17) is 28.6 Å². The predicted molar refractivity (Wildman–Crippen MR) is 556 cm³/mol. The molecule has 0 atom stereocenters. The molecule has 0 aliphatic rings. The molecule has 0 fully saturated rings. The van der Waals surface area contributed by atoms with Crippen LogP contribution >= 0.6 is 49.0 Å². The Morgan fingerprint density at radius 3 is 1.26 bits per heavy atom. The molecule has 24 heteroatoms. The largest absolute Gasteiger partial charge is 0.507 e. The van der Waals surface area contributed by atoms with E-state index < -0.39 is 0 Å². The molecule has 12 heterocycles. The molecule has 702 valence electrons. The van der Waals surface area contributed by atoms with Crippen LogP contribution in [0, 0.1) is 38.2 Å². The number of furan rings is 1. The molecule has 0 saturated carbocycles. The van der Waals surface area contributed by atoms with E-state index >= 15 is 0 Å². The summed E-state index contributed by atoms with van der Waals surface area (Å²) in [5, 5.41) is 5.01. The van der Waals surface area contributed by atoms with E-state index in [1.54, 1.807) is 112 Å². The molecular formula is C117H81Cl4N11O4Pt4S. The molecule has 0 aliphatic carbocycles. The number of hydrogen-bond acceptors (Lipinski definition) is 13. The van der Waals surface area contributed by atoms with Gasteiger partial charge in [0.05, 0.1) is 22.6 Å². The first-order valence-electron chi connectivity index (χ1n) is 43.9. The Morgan fingerprint density at radius 1 is 0.326 bits per heavy atom. The quantitative estimate of drug-likeness (QED) is 0.0707. The number of benzene rings is 11.